The van der Waals surface area contributed by atoms with E-state index in [4.69, 9.17) is 0 Å². The summed E-state index contributed by atoms with van der Waals surface area (Å²) in [6.45, 7) is 4.68. The van der Waals surface area contributed by atoms with Crippen molar-refractivity contribution in [3.05, 3.63) is 118 Å². The van der Waals surface area contributed by atoms with E-state index in [-0.39, 0.29) is 11.8 Å². The smallest absolute Gasteiger partial charge is 0.252 e. The van der Waals surface area contributed by atoms with Gasteiger partial charge in [-0.25, -0.2) is 0 Å². The van der Waals surface area contributed by atoms with Crippen LogP contribution >= 0.6 is 0 Å². The Kier molecular flexibility index (Phi) is 6.96. The Morgan fingerprint density at radius 1 is 0.587 bits per heavy atom. The van der Waals surface area contributed by atoms with Crippen LogP contribution in [0.2, 0.25) is 0 Å². The first kappa shape index (κ1) is 28.3. The molecule has 0 saturated carbocycles. The second-order valence-electron chi connectivity index (χ2n) is 12.7. The topological polar surface area (TPSA) is 96.3 Å². The number of benzene rings is 4. The summed E-state index contributed by atoms with van der Waals surface area (Å²) in [5.41, 5.74) is 12.8. The van der Waals surface area contributed by atoms with Gasteiger partial charge in [-0.1, -0.05) is 54.6 Å². The molecule has 2 amide bonds. The standard InChI is InChI=1S/C38H36N6O2/c1-43(21-23-12-14-25(15-13-23)35-29-19-39-37(45)27-8-4-10-31(41-35)33(27)29)16-17-44(2)22-24-6-3-7-26(18-24)36-30-20-40-38(46)28-9-5-11-32(42-36)34(28)30/h3-15,18,41-42H,16-17,19-22H2,1-2H3,(H,39,45)(H,40,46). The number of likely N-dealkylation sites (N-methyl/N-ethyl adjacent to an activating group) is 2. The molecule has 46 heavy (non-hydrogen) atoms. The molecule has 0 saturated heterocycles. The number of hydrogen-bond acceptors (Lipinski definition) is 4. The average Bonchev–Trinajstić information content (AvgIpc) is 3.64. The van der Waals surface area contributed by atoms with Gasteiger partial charge in [-0.15, -0.1) is 0 Å². The normalized spacial score (nSPS) is 14.0. The molecule has 230 valence electrons. The third-order valence-corrected chi connectivity index (χ3v) is 9.42. The Morgan fingerprint density at radius 2 is 1.11 bits per heavy atom. The number of H-pyrrole nitrogens is 2. The monoisotopic (exact) mass is 608 g/mol. The molecule has 2 aliphatic heterocycles. The SMILES string of the molecule is CN(CCN(C)Cc1cccc(-c2[nH]c3cccc4c3c2CNC4=O)c1)Cc1ccc(-c2[nH]c3cccc4c3c2CNC4=O)cc1. The number of nitrogens with zero attached hydrogens (tertiary/aromatic N) is 2. The van der Waals surface area contributed by atoms with Gasteiger partial charge >= 0.3 is 0 Å². The van der Waals surface area contributed by atoms with E-state index in [0.717, 1.165) is 92.8 Å². The van der Waals surface area contributed by atoms with Crippen molar-refractivity contribution in [1.29, 1.82) is 0 Å². The van der Waals surface area contributed by atoms with E-state index in [1.54, 1.807) is 0 Å². The predicted molar refractivity (Wildman–Crippen MR) is 182 cm³/mol. The number of amides is 2. The number of aromatic amines is 2. The van der Waals surface area contributed by atoms with E-state index in [2.05, 4.69) is 93.0 Å². The molecule has 0 fully saturated rings. The maximum Gasteiger partial charge on any atom is 0.252 e. The molecule has 4 N–H and O–H groups in total. The zero-order chi connectivity index (χ0) is 31.4. The highest BCUT2D eigenvalue weighted by atomic mass is 16.2. The van der Waals surface area contributed by atoms with E-state index >= 15 is 0 Å². The fraction of sp³-hybridized carbons (Fsp3) is 0.211. The zero-order valence-corrected chi connectivity index (χ0v) is 26.0. The fourth-order valence-corrected chi connectivity index (χ4v) is 7.11. The summed E-state index contributed by atoms with van der Waals surface area (Å²) in [7, 11) is 4.34. The first-order chi connectivity index (χ1) is 22.4. The van der Waals surface area contributed by atoms with Crippen molar-refractivity contribution in [2.75, 3.05) is 27.2 Å². The minimum absolute atomic E-state index is 0.00764. The van der Waals surface area contributed by atoms with Crippen LogP contribution in [0.4, 0.5) is 0 Å². The van der Waals surface area contributed by atoms with Gasteiger partial charge in [-0.05, 0) is 66.7 Å². The van der Waals surface area contributed by atoms with Crippen LogP contribution in [0.25, 0.3) is 44.3 Å². The van der Waals surface area contributed by atoms with E-state index in [0.29, 0.717) is 13.1 Å². The Morgan fingerprint density at radius 3 is 1.70 bits per heavy atom. The number of aromatic nitrogens is 2. The maximum absolute atomic E-state index is 12.4. The first-order valence-electron chi connectivity index (χ1n) is 15.8. The number of carbonyl (C=O) groups excluding carboxylic acids is 2. The second-order valence-corrected chi connectivity index (χ2v) is 12.7. The van der Waals surface area contributed by atoms with Crippen LogP contribution in [-0.4, -0.2) is 58.8 Å². The molecule has 2 aromatic heterocycles. The van der Waals surface area contributed by atoms with E-state index in [9.17, 15) is 9.59 Å². The molecule has 6 aromatic rings. The Labute approximate surface area is 267 Å². The lowest BCUT2D eigenvalue weighted by atomic mass is 9.97. The minimum atomic E-state index is -0.00781. The lowest BCUT2D eigenvalue weighted by Gasteiger charge is -2.22. The highest BCUT2D eigenvalue weighted by molar-refractivity contribution is 6.12. The molecule has 8 rings (SSSR count). The molecule has 0 spiro atoms. The highest BCUT2D eigenvalue weighted by Gasteiger charge is 2.25. The van der Waals surface area contributed by atoms with Crippen molar-refractivity contribution in [3.63, 3.8) is 0 Å². The van der Waals surface area contributed by atoms with Gasteiger partial charge in [-0.3, -0.25) is 9.59 Å². The lowest BCUT2D eigenvalue weighted by Crippen LogP contribution is -2.30. The molecule has 8 nitrogen and oxygen atoms in total. The molecular weight excluding hydrogens is 572 g/mol. The Hall–Kier alpha value is -5.18. The van der Waals surface area contributed by atoms with E-state index in [1.165, 1.54) is 11.1 Å². The van der Waals surface area contributed by atoms with Gasteiger partial charge in [0.1, 0.15) is 0 Å². The van der Waals surface area contributed by atoms with Crippen LogP contribution in [0.3, 0.4) is 0 Å². The number of hydrogen-bond donors (Lipinski definition) is 4. The van der Waals surface area contributed by atoms with E-state index in [1.807, 2.05) is 36.4 Å². The van der Waals surface area contributed by atoms with Crippen LogP contribution in [0, 0.1) is 0 Å². The van der Waals surface area contributed by atoms with Crippen molar-refractivity contribution >= 4 is 33.6 Å². The second kappa shape index (κ2) is 11.3. The summed E-state index contributed by atoms with van der Waals surface area (Å²) in [5, 5.41) is 8.12. The maximum atomic E-state index is 12.4. The first-order valence-corrected chi connectivity index (χ1v) is 15.8. The molecule has 4 heterocycles. The van der Waals surface area contributed by atoms with Gasteiger partial charge in [0.2, 0.25) is 0 Å². The third kappa shape index (κ3) is 4.96. The minimum Gasteiger partial charge on any atom is -0.354 e. The largest absolute Gasteiger partial charge is 0.354 e. The van der Waals surface area contributed by atoms with Crippen LogP contribution in [0.5, 0.6) is 0 Å². The molecule has 0 atom stereocenters. The molecule has 8 heteroatoms. The summed E-state index contributed by atoms with van der Waals surface area (Å²) in [5.74, 6) is -0.0154. The summed E-state index contributed by atoms with van der Waals surface area (Å²) in [6.07, 6.45) is 0. The lowest BCUT2D eigenvalue weighted by molar-refractivity contribution is 0.0941. The van der Waals surface area contributed by atoms with Gasteiger partial charge in [0, 0.05) is 83.3 Å². The van der Waals surface area contributed by atoms with Crippen LogP contribution in [-0.2, 0) is 26.2 Å². The Balaban J connectivity index is 0.902. The van der Waals surface area contributed by atoms with Gasteiger partial charge < -0.3 is 30.4 Å². The molecule has 0 unspecified atom stereocenters. The third-order valence-electron chi connectivity index (χ3n) is 9.42. The molecule has 4 aromatic carbocycles. The predicted octanol–water partition coefficient (Wildman–Crippen LogP) is 6.03. The van der Waals surface area contributed by atoms with Gasteiger partial charge in [0.05, 0.1) is 11.4 Å². The van der Waals surface area contributed by atoms with Crippen molar-refractivity contribution in [2.45, 2.75) is 26.2 Å². The average molecular weight is 609 g/mol. The number of carbonyl (C=O) groups is 2. The van der Waals surface area contributed by atoms with Gasteiger partial charge in [0.25, 0.3) is 11.8 Å². The van der Waals surface area contributed by atoms with Gasteiger partial charge in [0.15, 0.2) is 0 Å². The van der Waals surface area contributed by atoms with Gasteiger partial charge in [-0.2, -0.15) is 0 Å². The van der Waals surface area contributed by atoms with E-state index < -0.39 is 0 Å². The molecule has 0 bridgehead atoms. The van der Waals surface area contributed by atoms with Crippen LogP contribution in [0.15, 0.2) is 84.9 Å². The van der Waals surface area contributed by atoms with Crippen molar-refractivity contribution in [3.8, 4) is 22.5 Å². The fourth-order valence-electron chi connectivity index (χ4n) is 7.11. The molecule has 0 radical (unpaired) electrons. The van der Waals surface area contributed by atoms with Crippen molar-refractivity contribution in [2.24, 2.45) is 0 Å². The summed E-state index contributed by atoms with van der Waals surface area (Å²) in [6, 6.07) is 29.2. The summed E-state index contributed by atoms with van der Waals surface area (Å²) >= 11 is 0. The Bertz CT molecular complexity index is 2140. The quantitative estimate of drug-likeness (QED) is 0.161. The number of rotatable bonds is 9. The summed E-state index contributed by atoms with van der Waals surface area (Å²) < 4.78 is 0. The zero-order valence-electron chi connectivity index (χ0n) is 26.0. The summed E-state index contributed by atoms with van der Waals surface area (Å²) in [4.78, 5) is 36.6. The highest BCUT2D eigenvalue weighted by Crippen LogP contribution is 2.36. The van der Waals surface area contributed by atoms with Crippen molar-refractivity contribution < 1.29 is 9.59 Å². The van der Waals surface area contributed by atoms with Crippen LogP contribution < -0.4 is 10.6 Å². The molecule has 2 aliphatic rings. The van der Waals surface area contributed by atoms with Crippen molar-refractivity contribution in [1.82, 2.24) is 30.4 Å². The molecule has 0 aliphatic carbocycles. The molecular formula is C38H36N6O2. The van der Waals surface area contributed by atoms with Crippen LogP contribution in [0.1, 0.15) is 43.0 Å². The number of nitrogens with one attached hydrogen (secondary N) is 4.